The van der Waals surface area contributed by atoms with Gasteiger partial charge >= 0.3 is 0 Å². The largest absolute Gasteiger partial charge is 0.346 e. The first-order chi connectivity index (χ1) is 11.7. The molecule has 2 aromatic rings. The Bertz CT molecular complexity index is 703. The topological polar surface area (TPSA) is 32.8 Å². The number of likely N-dealkylation sites (tertiary alicyclic amines) is 1. The fourth-order valence-electron chi connectivity index (χ4n) is 3.65. The second kappa shape index (κ2) is 6.31. The van der Waals surface area contributed by atoms with Gasteiger partial charge in [0.05, 0.1) is 0 Å². The van der Waals surface area contributed by atoms with Crippen molar-refractivity contribution in [2.45, 2.75) is 25.1 Å². The highest BCUT2D eigenvalue weighted by Crippen LogP contribution is 2.34. The maximum atomic E-state index is 11.7. The van der Waals surface area contributed by atoms with Gasteiger partial charge in [-0.25, -0.2) is 0 Å². The van der Waals surface area contributed by atoms with Crippen molar-refractivity contribution in [3.63, 3.8) is 0 Å². The van der Waals surface area contributed by atoms with Crippen LogP contribution in [0.1, 0.15) is 18.4 Å². The van der Waals surface area contributed by atoms with Gasteiger partial charge in [0.15, 0.2) is 0 Å². The van der Waals surface area contributed by atoms with Crippen molar-refractivity contribution in [2.24, 2.45) is 0 Å². The second-order valence-corrected chi connectivity index (χ2v) is 7.45. The lowest BCUT2D eigenvalue weighted by Crippen LogP contribution is -2.52. The van der Waals surface area contributed by atoms with Gasteiger partial charge in [-0.05, 0) is 33.5 Å². The first-order valence-electron chi connectivity index (χ1n) is 8.41. The van der Waals surface area contributed by atoms with Crippen LogP contribution in [0, 0.1) is 0 Å². The van der Waals surface area contributed by atoms with E-state index in [4.69, 9.17) is 4.74 Å². The molecule has 0 saturated carbocycles. The molecule has 0 aliphatic carbocycles. The van der Waals surface area contributed by atoms with E-state index < -0.39 is 0 Å². The molecule has 2 aliphatic rings. The SMILES string of the molecule is CN1C(=O)COC12CCN(Cc1ccc(-c3ccsc3)cc1)CC2. The zero-order valence-corrected chi connectivity index (χ0v) is 14.7. The van der Waals surface area contributed by atoms with Gasteiger partial charge < -0.3 is 9.64 Å². The number of piperidine rings is 1. The summed E-state index contributed by atoms with van der Waals surface area (Å²) in [6.07, 6.45) is 1.78. The monoisotopic (exact) mass is 342 g/mol. The van der Waals surface area contributed by atoms with Crippen LogP contribution >= 0.6 is 11.3 Å². The number of rotatable bonds is 3. The molecule has 24 heavy (non-hydrogen) atoms. The van der Waals surface area contributed by atoms with Crippen LogP contribution in [0.5, 0.6) is 0 Å². The molecule has 1 aromatic heterocycles. The van der Waals surface area contributed by atoms with Crippen molar-refractivity contribution in [3.8, 4) is 11.1 Å². The van der Waals surface area contributed by atoms with E-state index in [0.29, 0.717) is 0 Å². The molecular formula is C19H22N2O2S. The van der Waals surface area contributed by atoms with Crippen molar-refractivity contribution in [1.29, 1.82) is 0 Å². The van der Waals surface area contributed by atoms with Crippen LogP contribution in [-0.4, -0.2) is 48.2 Å². The van der Waals surface area contributed by atoms with E-state index in [1.54, 1.807) is 16.2 Å². The number of nitrogens with zero attached hydrogens (tertiary/aromatic N) is 2. The van der Waals surface area contributed by atoms with Crippen LogP contribution in [0.2, 0.25) is 0 Å². The number of hydrogen-bond donors (Lipinski definition) is 0. The Balaban J connectivity index is 1.36. The summed E-state index contributed by atoms with van der Waals surface area (Å²) in [4.78, 5) is 16.0. The number of hydrogen-bond acceptors (Lipinski definition) is 4. The molecule has 4 nitrogen and oxygen atoms in total. The van der Waals surface area contributed by atoms with E-state index in [2.05, 4.69) is 46.0 Å². The third-order valence-electron chi connectivity index (χ3n) is 5.30. The van der Waals surface area contributed by atoms with Crippen molar-refractivity contribution in [2.75, 3.05) is 26.7 Å². The molecule has 3 heterocycles. The Morgan fingerprint density at radius 3 is 2.46 bits per heavy atom. The maximum Gasteiger partial charge on any atom is 0.250 e. The standard InChI is InChI=1S/C19H22N2O2S/c1-20-18(22)13-23-19(20)7-9-21(10-8-19)12-15-2-4-16(5-3-15)17-6-11-24-14-17/h2-6,11,14H,7-10,12-13H2,1H3. The van der Waals surface area contributed by atoms with Crippen molar-refractivity contribution >= 4 is 17.2 Å². The van der Waals surface area contributed by atoms with Gasteiger partial charge in [-0.2, -0.15) is 11.3 Å². The van der Waals surface area contributed by atoms with E-state index in [-0.39, 0.29) is 18.2 Å². The quantitative estimate of drug-likeness (QED) is 0.859. The third kappa shape index (κ3) is 2.88. The molecule has 1 aromatic carbocycles. The summed E-state index contributed by atoms with van der Waals surface area (Å²) in [7, 11) is 1.87. The summed E-state index contributed by atoms with van der Waals surface area (Å²) < 4.78 is 5.81. The number of likely N-dealkylation sites (N-methyl/N-ethyl adjacent to an activating group) is 1. The van der Waals surface area contributed by atoms with Crippen LogP contribution in [0.4, 0.5) is 0 Å². The number of ether oxygens (including phenoxy) is 1. The minimum absolute atomic E-state index is 0.104. The minimum Gasteiger partial charge on any atom is -0.346 e. The Labute approximate surface area is 146 Å². The highest BCUT2D eigenvalue weighted by Gasteiger charge is 2.46. The molecule has 126 valence electrons. The predicted molar refractivity (Wildman–Crippen MR) is 95.7 cm³/mol. The third-order valence-corrected chi connectivity index (χ3v) is 5.98. The highest BCUT2D eigenvalue weighted by molar-refractivity contribution is 7.08. The van der Waals surface area contributed by atoms with Crippen molar-refractivity contribution in [1.82, 2.24) is 9.80 Å². The molecule has 0 N–H and O–H groups in total. The van der Waals surface area contributed by atoms with Gasteiger partial charge in [-0.3, -0.25) is 9.69 Å². The zero-order chi connectivity index (χ0) is 16.6. The van der Waals surface area contributed by atoms with Crippen LogP contribution in [0.25, 0.3) is 11.1 Å². The molecular weight excluding hydrogens is 320 g/mol. The first-order valence-corrected chi connectivity index (χ1v) is 9.35. The average molecular weight is 342 g/mol. The molecule has 0 radical (unpaired) electrons. The molecule has 0 bridgehead atoms. The lowest BCUT2D eigenvalue weighted by Gasteiger charge is -2.42. The molecule has 1 amide bonds. The maximum absolute atomic E-state index is 11.7. The Hall–Kier alpha value is -1.69. The molecule has 0 atom stereocenters. The Morgan fingerprint density at radius 2 is 1.88 bits per heavy atom. The normalized spacial score (nSPS) is 20.9. The van der Waals surface area contributed by atoms with E-state index >= 15 is 0 Å². The molecule has 0 unspecified atom stereocenters. The van der Waals surface area contributed by atoms with E-state index in [1.807, 2.05) is 7.05 Å². The van der Waals surface area contributed by atoms with Crippen molar-refractivity contribution < 1.29 is 9.53 Å². The van der Waals surface area contributed by atoms with Crippen molar-refractivity contribution in [3.05, 3.63) is 46.7 Å². The fourth-order valence-corrected chi connectivity index (χ4v) is 4.31. The summed E-state index contributed by atoms with van der Waals surface area (Å²) >= 11 is 1.73. The van der Waals surface area contributed by atoms with Gasteiger partial charge in [0.1, 0.15) is 12.3 Å². The minimum atomic E-state index is -0.351. The van der Waals surface area contributed by atoms with Crippen LogP contribution < -0.4 is 0 Å². The number of amides is 1. The second-order valence-electron chi connectivity index (χ2n) is 6.67. The summed E-state index contributed by atoms with van der Waals surface area (Å²) in [6, 6.07) is 11.0. The molecule has 4 rings (SSSR count). The summed E-state index contributed by atoms with van der Waals surface area (Å²) in [5.74, 6) is 0.104. The van der Waals surface area contributed by atoms with Crippen LogP contribution in [0.15, 0.2) is 41.1 Å². The lowest BCUT2D eigenvalue weighted by molar-refractivity contribution is -0.136. The first kappa shape index (κ1) is 15.8. The van der Waals surface area contributed by atoms with Crippen LogP contribution in [-0.2, 0) is 16.1 Å². The number of thiophene rings is 1. The average Bonchev–Trinajstić information content (AvgIpc) is 3.23. The predicted octanol–water partition coefficient (Wildman–Crippen LogP) is 3.20. The zero-order valence-electron chi connectivity index (χ0n) is 13.9. The molecule has 2 aliphatic heterocycles. The molecule has 1 spiro atoms. The van der Waals surface area contributed by atoms with Gasteiger partial charge in [0.25, 0.3) is 5.91 Å². The number of carbonyl (C=O) groups excluding carboxylic acids is 1. The van der Waals surface area contributed by atoms with E-state index in [0.717, 1.165) is 32.5 Å². The molecule has 5 heteroatoms. The van der Waals surface area contributed by atoms with E-state index in [1.165, 1.54) is 16.7 Å². The van der Waals surface area contributed by atoms with Gasteiger partial charge in [0.2, 0.25) is 0 Å². The van der Waals surface area contributed by atoms with Gasteiger partial charge in [0, 0.05) is 39.5 Å². The van der Waals surface area contributed by atoms with Crippen LogP contribution in [0.3, 0.4) is 0 Å². The summed E-state index contributed by atoms with van der Waals surface area (Å²) in [5, 5.41) is 4.29. The lowest BCUT2D eigenvalue weighted by atomic mass is 9.98. The summed E-state index contributed by atoms with van der Waals surface area (Å²) in [5.41, 5.74) is 3.55. The van der Waals surface area contributed by atoms with Gasteiger partial charge in [-0.1, -0.05) is 24.3 Å². The van der Waals surface area contributed by atoms with Gasteiger partial charge in [-0.15, -0.1) is 0 Å². The Morgan fingerprint density at radius 1 is 1.12 bits per heavy atom. The molecule has 2 fully saturated rings. The number of benzene rings is 1. The summed E-state index contributed by atoms with van der Waals surface area (Å²) in [6.45, 7) is 3.12. The number of carbonyl (C=O) groups is 1. The molecule has 2 saturated heterocycles. The van der Waals surface area contributed by atoms with E-state index in [9.17, 15) is 4.79 Å². The Kier molecular flexibility index (Phi) is 4.16. The fraction of sp³-hybridized carbons (Fsp3) is 0.421. The smallest absolute Gasteiger partial charge is 0.250 e. The highest BCUT2D eigenvalue weighted by atomic mass is 32.1.